The molecule has 1 aliphatic heterocycles. The Labute approximate surface area is 216 Å². The average Bonchev–Trinajstić information content (AvgIpc) is 2.84. The molecule has 35 heavy (non-hydrogen) atoms. The van der Waals surface area contributed by atoms with Gasteiger partial charge in [0.1, 0.15) is 6.54 Å². The number of benzene rings is 3. The summed E-state index contributed by atoms with van der Waals surface area (Å²) in [6, 6.07) is 19.8. The SMILES string of the molecule is O=C(CN(Sc1ccccc1)c1cc(C(F)(F)F)ccc1Cl)N1CCN(c2ccc(Cl)cc2)CC1. The molecule has 0 N–H and O–H groups in total. The van der Waals surface area contributed by atoms with Gasteiger partial charge in [0.2, 0.25) is 5.91 Å². The second-order valence-electron chi connectivity index (χ2n) is 7.95. The molecule has 0 unspecified atom stereocenters. The molecule has 1 heterocycles. The van der Waals surface area contributed by atoms with E-state index in [0.717, 1.165) is 22.7 Å². The van der Waals surface area contributed by atoms with Crippen molar-refractivity contribution in [1.29, 1.82) is 0 Å². The Morgan fingerprint density at radius 3 is 2.20 bits per heavy atom. The highest BCUT2D eigenvalue weighted by atomic mass is 35.5. The van der Waals surface area contributed by atoms with Gasteiger partial charge in [-0.2, -0.15) is 13.2 Å². The van der Waals surface area contributed by atoms with E-state index in [9.17, 15) is 18.0 Å². The maximum absolute atomic E-state index is 13.4. The summed E-state index contributed by atoms with van der Waals surface area (Å²) in [6.07, 6.45) is -4.52. The molecule has 0 radical (unpaired) electrons. The van der Waals surface area contributed by atoms with Crippen LogP contribution in [-0.4, -0.2) is 43.5 Å². The lowest BCUT2D eigenvalue weighted by Crippen LogP contribution is -2.50. The van der Waals surface area contributed by atoms with Crippen LogP contribution in [0.5, 0.6) is 0 Å². The summed E-state index contributed by atoms with van der Waals surface area (Å²) < 4.78 is 41.7. The third-order valence-corrected chi connectivity index (χ3v) is 7.20. The number of rotatable bonds is 6. The summed E-state index contributed by atoms with van der Waals surface area (Å²) >= 11 is 13.5. The van der Waals surface area contributed by atoms with E-state index < -0.39 is 11.7 Å². The van der Waals surface area contributed by atoms with Crippen molar-refractivity contribution in [2.45, 2.75) is 11.1 Å². The smallest absolute Gasteiger partial charge is 0.368 e. The van der Waals surface area contributed by atoms with Crippen LogP contribution in [0.4, 0.5) is 24.5 Å². The monoisotopic (exact) mass is 539 g/mol. The second-order valence-corrected chi connectivity index (χ2v) is 9.89. The zero-order valence-corrected chi connectivity index (χ0v) is 20.8. The average molecular weight is 540 g/mol. The Balaban J connectivity index is 1.51. The van der Waals surface area contributed by atoms with Crippen LogP contribution in [0.15, 0.2) is 77.7 Å². The molecule has 0 atom stereocenters. The number of piperazine rings is 1. The second kappa shape index (κ2) is 11.0. The Hall–Kier alpha value is -2.55. The van der Waals surface area contributed by atoms with Crippen LogP contribution in [0.25, 0.3) is 0 Å². The zero-order chi connectivity index (χ0) is 25.0. The van der Waals surface area contributed by atoms with Gasteiger partial charge in [0.15, 0.2) is 0 Å². The summed E-state index contributed by atoms with van der Waals surface area (Å²) in [5.41, 5.74) is 0.349. The third-order valence-electron chi connectivity index (χ3n) is 5.60. The number of alkyl halides is 3. The van der Waals surface area contributed by atoms with Crippen molar-refractivity contribution in [3.63, 3.8) is 0 Å². The van der Waals surface area contributed by atoms with E-state index in [1.54, 1.807) is 4.90 Å². The molecular weight excluding hydrogens is 518 g/mol. The highest BCUT2D eigenvalue weighted by Crippen LogP contribution is 2.39. The number of hydrogen-bond donors (Lipinski definition) is 0. The maximum atomic E-state index is 13.4. The molecule has 0 saturated carbocycles. The first-order valence-electron chi connectivity index (χ1n) is 10.9. The van der Waals surface area contributed by atoms with Crippen molar-refractivity contribution in [3.8, 4) is 0 Å². The number of carbonyl (C=O) groups is 1. The zero-order valence-electron chi connectivity index (χ0n) is 18.5. The third kappa shape index (κ3) is 6.57. The molecule has 0 aliphatic carbocycles. The van der Waals surface area contributed by atoms with Gasteiger partial charge in [0.05, 0.1) is 16.3 Å². The number of nitrogens with zero attached hydrogens (tertiary/aromatic N) is 3. The number of halogens is 5. The lowest BCUT2D eigenvalue weighted by Gasteiger charge is -2.37. The van der Waals surface area contributed by atoms with E-state index in [1.807, 2.05) is 54.6 Å². The molecule has 3 aromatic rings. The normalized spacial score (nSPS) is 14.2. The molecule has 184 valence electrons. The number of hydrogen-bond acceptors (Lipinski definition) is 4. The first-order valence-corrected chi connectivity index (χ1v) is 12.4. The van der Waals surface area contributed by atoms with Crippen molar-refractivity contribution >= 4 is 52.4 Å². The Morgan fingerprint density at radius 2 is 1.57 bits per heavy atom. The van der Waals surface area contributed by atoms with Crippen LogP contribution in [0.1, 0.15) is 5.56 Å². The number of anilines is 2. The molecular formula is C25H22Cl2F3N3OS. The first kappa shape index (κ1) is 25.5. The van der Waals surface area contributed by atoms with Gasteiger partial charge in [-0.1, -0.05) is 41.4 Å². The van der Waals surface area contributed by atoms with Crippen molar-refractivity contribution < 1.29 is 18.0 Å². The molecule has 0 aromatic heterocycles. The molecule has 1 amide bonds. The lowest BCUT2D eigenvalue weighted by atomic mass is 10.2. The molecule has 4 nitrogen and oxygen atoms in total. The van der Waals surface area contributed by atoms with Crippen LogP contribution in [0.2, 0.25) is 10.0 Å². The molecule has 4 rings (SSSR count). The molecule has 0 spiro atoms. The van der Waals surface area contributed by atoms with Crippen molar-refractivity contribution in [1.82, 2.24) is 4.90 Å². The molecule has 3 aromatic carbocycles. The Kier molecular flexibility index (Phi) is 8.04. The van der Waals surface area contributed by atoms with E-state index in [0.29, 0.717) is 31.2 Å². The fourth-order valence-electron chi connectivity index (χ4n) is 3.74. The van der Waals surface area contributed by atoms with Gasteiger partial charge in [0, 0.05) is 41.8 Å². The molecule has 1 aliphatic rings. The molecule has 10 heteroatoms. The Bertz CT molecular complexity index is 1150. The molecule has 1 fully saturated rings. The highest BCUT2D eigenvalue weighted by Gasteiger charge is 2.32. The van der Waals surface area contributed by atoms with Gasteiger partial charge in [-0.05, 0) is 66.5 Å². The van der Waals surface area contributed by atoms with Crippen molar-refractivity contribution in [2.75, 3.05) is 41.9 Å². The maximum Gasteiger partial charge on any atom is 0.416 e. The fraction of sp³-hybridized carbons (Fsp3) is 0.240. The largest absolute Gasteiger partial charge is 0.416 e. The molecule has 1 saturated heterocycles. The first-order chi connectivity index (χ1) is 16.7. The van der Waals surface area contributed by atoms with E-state index in [1.165, 1.54) is 22.3 Å². The van der Waals surface area contributed by atoms with Crippen LogP contribution in [0.3, 0.4) is 0 Å². The van der Waals surface area contributed by atoms with Gasteiger partial charge < -0.3 is 14.1 Å². The van der Waals surface area contributed by atoms with Crippen LogP contribution in [-0.2, 0) is 11.0 Å². The van der Waals surface area contributed by atoms with Gasteiger partial charge in [-0.25, -0.2) is 0 Å². The summed E-state index contributed by atoms with van der Waals surface area (Å²) in [5.74, 6) is -0.183. The quantitative estimate of drug-likeness (QED) is 0.319. The Morgan fingerprint density at radius 1 is 0.914 bits per heavy atom. The summed E-state index contributed by atoms with van der Waals surface area (Å²) in [4.78, 5) is 17.9. The highest BCUT2D eigenvalue weighted by molar-refractivity contribution is 8.00. The molecule has 0 bridgehead atoms. The summed E-state index contributed by atoms with van der Waals surface area (Å²) in [5, 5.41) is 0.800. The number of carbonyl (C=O) groups excluding carboxylic acids is 1. The van der Waals surface area contributed by atoms with E-state index in [2.05, 4.69) is 4.90 Å². The van der Waals surface area contributed by atoms with Gasteiger partial charge in [0.25, 0.3) is 0 Å². The standard InChI is InChI=1S/C25H22Cl2F3N3OS/c26-19-7-9-20(10-8-19)31-12-14-32(15-13-31)24(34)17-33(35-21-4-2-1-3-5-21)23-16-18(25(28,29)30)6-11-22(23)27/h1-11,16H,12-15,17H2. The van der Waals surface area contributed by atoms with Crippen molar-refractivity contribution in [3.05, 3.63) is 88.4 Å². The predicted molar refractivity (Wildman–Crippen MR) is 136 cm³/mol. The fourth-order valence-corrected chi connectivity index (χ4v) is 5.10. The minimum Gasteiger partial charge on any atom is -0.368 e. The number of amides is 1. The minimum absolute atomic E-state index is 0.123. The minimum atomic E-state index is -4.52. The summed E-state index contributed by atoms with van der Waals surface area (Å²) in [7, 11) is 0. The van der Waals surface area contributed by atoms with E-state index in [4.69, 9.17) is 23.2 Å². The van der Waals surface area contributed by atoms with Gasteiger partial charge in [-0.3, -0.25) is 4.79 Å². The predicted octanol–water partition coefficient (Wildman–Crippen LogP) is 6.87. The topological polar surface area (TPSA) is 26.8 Å². The lowest BCUT2D eigenvalue weighted by molar-refractivity contribution is -0.137. The summed E-state index contributed by atoms with van der Waals surface area (Å²) in [6.45, 7) is 2.16. The van der Waals surface area contributed by atoms with E-state index in [-0.39, 0.29) is 23.2 Å². The van der Waals surface area contributed by atoms with Crippen LogP contribution >= 0.6 is 35.1 Å². The van der Waals surface area contributed by atoms with Crippen molar-refractivity contribution in [2.24, 2.45) is 0 Å². The van der Waals surface area contributed by atoms with E-state index >= 15 is 0 Å². The van der Waals surface area contributed by atoms with Gasteiger partial charge >= 0.3 is 6.18 Å². The van der Waals surface area contributed by atoms with Gasteiger partial charge in [-0.15, -0.1) is 0 Å². The van der Waals surface area contributed by atoms with Crippen LogP contribution in [0, 0.1) is 0 Å². The van der Waals surface area contributed by atoms with Crippen LogP contribution < -0.4 is 9.21 Å².